The van der Waals surface area contributed by atoms with Crippen molar-refractivity contribution in [1.82, 2.24) is 0 Å². The standard InChI is InChI=1S/C12H19N3O2/c1-9-5-6-10(8-12(9)15(16)17)11(14)4-2-3-7-13/h5-6,8,11H,2-4,7,13-14H2,1H3/t11-/m0/s1. The highest BCUT2D eigenvalue weighted by molar-refractivity contribution is 5.43. The van der Waals surface area contributed by atoms with E-state index in [9.17, 15) is 10.1 Å². The Kier molecular flexibility index (Phi) is 5.06. The number of hydrogen-bond acceptors (Lipinski definition) is 4. The Hall–Kier alpha value is -1.46. The van der Waals surface area contributed by atoms with E-state index in [1.807, 2.05) is 6.07 Å². The van der Waals surface area contributed by atoms with Crippen LogP contribution in [0.25, 0.3) is 0 Å². The Morgan fingerprint density at radius 1 is 1.41 bits per heavy atom. The molecule has 0 spiro atoms. The van der Waals surface area contributed by atoms with Crippen LogP contribution in [0.1, 0.15) is 36.4 Å². The summed E-state index contributed by atoms with van der Waals surface area (Å²) < 4.78 is 0. The highest BCUT2D eigenvalue weighted by Gasteiger charge is 2.14. The Morgan fingerprint density at radius 3 is 2.71 bits per heavy atom. The number of aryl methyl sites for hydroxylation is 1. The van der Waals surface area contributed by atoms with Crippen molar-refractivity contribution in [2.24, 2.45) is 11.5 Å². The first-order valence-electron chi connectivity index (χ1n) is 5.77. The van der Waals surface area contributed by atoms with Gasteiger partial charge in [-0.15, -0.1) is 0 Å². The number of hydrogen-bond donors (Lipinski definition) is 2. The highest BCUT2D eigenvalue weighted by atomic mass is 16.6. The molecule has 1 atom stereocenters. The van der Waals surface area contributed by atoms with E-state index in [1.165, 1.54) is 0 Å². The van der Waals surface area contributed by atoms with Crippen LogP contribution in [0.2, 0.25) is 0 Å². The zero-order valence-corrected chi connectivity index (χ0v) is 10.1. The third-order valence-corrected chi connectivity index (χ3v) is 2.83. The number of nitrogens with zero attached hydrogens (tertiary/aromatic N) is 1. The fraction of sp³-hybridized carbons (Fsp3) is 0.500. The molecule has 0 aromatic heterocycles. The molecule has 94 valence electrons. The quantitative estimate of drug-likeness (QED) is 0.449. The van der Waals surface area contributed by atoms with Gasteiger partial charge in [0.1, 0.15) is 0 Å². The van der Waals surface area contributed by atoms with E-state index in [4.69, 9.17) is 11.5 Å². The number of unbranched alkanes of at least 4 members (excludes halogenated alkanes) is 1. The number of nitro benzene ring substituents is 1. The molecule has 0 radical (unpaired) electrons. The van der Waals surface area contributed by atoms with Crippen molar-refractivity contribution < 1.29 is 4.92 Å². The smallest absolute Gasteiger partial charge is 0.272 e. The van der Waals surface area contributed by atoms with E-state index in [0.29, 0.717) is 12.1 Å². The number of rotatable bonds is 6. The molecule has 4 N–H and O–H groups in total. The van der Waals surface area contributed by atoms with Crippen LogP contribution in [0.4, 0.5) is 5.69 Å². The maximum absolute atomic E-state index is 10.8. The fourth-order valence-corrected chi connectivity index (χ4v) is 1.73. The molecular weight excluding hydrogens is 218 g/mol. The van der Waals surface area contributed by atoms with Crippen LogP contribution in [-0.2, 0) is 0 Å². The first-order valence-corrected chi connectivity index (χ1v) is 5.77. The molecule has 1 aromatic carbocycles. The lowest BCUT2D eigenvalue weighted by molar-refractivity contribution is -0.385. The first kappa shape index (κ1) is 13.6. The summed E-state index contributed by atoms with van der Waals surface area (Å²) in [6.07, 6.45) is 2.68. The number of nitro groups is 1. The summed E-state index contributed by atoms with van der Waals surface area (Å²) in [4.78, 5) is 10.4. The zero-order valence-electron chi connectivity index (χ0n) is 10.1. The molecule has 0 amide bonds. The SMILES string of the molecule is Cc1ccc([C@@H](N)CCCCN)cc1[N+](=O)[O-]. The maximum atomic E-state index is 10.8. The Labute approximate surface area is 101 Å². The molecular formula is C12H19N3O2. The molecule has 5 nitrogen and oxygen atoms in total. The van der Waals surface area contributed by atoms with Gasteiger partial charge in [-0.05, 0) is 31.9 Å². The van der Waals surface area contributed by atoms with Crippen LogP contribution in [0, 0.1) is 17.0 Å². The predicted molar refractivity (Wildman–Crippen MR) is 67.7 cm³/mol. The topological polar surface area (TPSA) is 95.2 Å². The minimum atomic E-state index is -0.370. The van der Waals surface area contributed by atoms with Crippen LogP contribution < -0.4 is 11.5 Å². The molecule has 0 heterocycles. The lowest BCUT2D eigenvalue weighted by Crippen LogP contribution is -2.11. The van der Waals surface area contributed by atoms with E-state index in [0.717, 1.165) is 24.8 Å². The van der Waals surface area contributed by atoms with E-state index in [2.05, 4.69) is 0 Å². The van der Waals surface area contributed by atoms with E-state index < -0.39 is 0 Å². The molecule has 0 saturated carbocycles. The van der Waals surface area contributed by atoms with Crippen LogP contribution in [0.15, 0.2) is 18.2 Å². The normalized spacial score (nSPS) is 12.4. The largest absolute Gasteiger partial charge is 0.330 e. The summed E-state index contributed by atoms with van der Waals surface area (Å²) in [5, 5.41) is 10.8. The maximum Gasteiger partial charge on any atom is 0.272 e. The summed E-state index contributed by atoms with van der Waals surface area (Å²) in [5.74, 6) is 0. The van der Waals surface area contributed by atoms with Gasteiger partial charge in [-0.25, -0.2) is 0 Å². The molecule has 1 rings (SSSR count). The lowest BCUT2D eigenvalue weighted by atomic mass is 10.00. The third-order valence-electron chi connectivity index (χ3n) is 2.83. The third kappa shape index (κ3) is 3.80. The van der Waals surface area contributed by atoms with Crippen molar-refractivity contribution in [3.05, 3.63) is 39.4 Å². The number of nitrogens with two attached hydrogens (primary N) is 2. The van der Waals surface area contributed by atoms with Crippen LogP contribution in [-0.4, -0.2) is 11.5 Å². The molecule has 0 bridgehead atoms. The van der Waals surface area contributed by atoms with Crippen LogP contribution in [0.3, 0.4) is 0 Å². The van der Waals surface area contributed by atoms with Gasteiger partial charge in [-0.3, -0.25) is 10.1 Å². The lowest BCUT2D eigenvalue weighted by Gasteiger charge is -2.12. The van der Waals surface area contributed by atoms with Crippen molar-refractivity contribution in [1.29, 1.82) is 0 Å². The van der Waals surface area contributed by atoms with Crippen molar-refractivity contribution in [2.75, 3.05) is 6.54 Å². The molecule has 0 aliphatic heterocycles. The molecule has 0 aliphatic carbocycles. The van der Waals surface area contributed by atoms with Crippen molar-refractivity contribution in [3.8, 4) is 0 Å². The predicted octanol–water partition coefficient (Wildman–Crippen LogP) is 2.03. The second kappa shape index (κ2) is 6.32. The second-order valence-corrected chi connectivity index (χ2v) is 4.19. The van der Waals surface area contributed by atoms with Gasteiger partial charge in [-0.1, -0.05) is 18.6 Å². The van der Waals surface area contributed by atoms with Gasteiger partial charge in [0.2, 0.25) is 0 Å². The minimum absolute atomic E-state index is 0.136. The van der Waals surface area contributed by atoms with Crippen LogP contribution >= 0.6 is 0 Å². The molecule has 0 fully saturated rings. The fourth-order valence-electron chi connectivity index (χ4n) is 1.73. The van der Waals surface area contributed by atoms with Gasteiger partial charge in [0, 0.05) is 17.7 Å². The highest BCUT2D eigenvalue weighted by Crippen LogP contribution is 2.24. The molecule has 0 unspecified atom stereocenters. The molecule has 17 heavy (non-hydrogen) atoms. The van der Waals surface area contributed by atoms with Gasteiger partial charge < -0.3 is 11.5 Å². The van der Waals surface area contributed by atoms with Crippen molar-refractivity contribution in [2.45, 2.75) is 32.2 Å². The van der Waals surface area contributed by atoms with E-state index in [1.54, 1.807) is 19.1 Å². The van der Waals surface area contributed by atoms with E-state index >= 15 is 0 Å². The van der Waals surface area contributed by atoms with Gasteiger partial charge >= 0.3 is 0 Å². The summed E-state index contributed by atoms with van der Waals surface area (Å²) in [5.41, 5.74) is 13.0. The Balaban J connectivity index is 2.77. The number of benzene rings is 1. The van der Waals surface area contributed by atoms with Gasteiger partial charge in [0.25, 0.3) is 5.69 Å². The molecule has 0 aliphatic rings. The average molecular weight is 237 g/mol. The van der Waals surface area contributed by atoms with Gasteiger partial charge in [0.05, 0.1) is 4.92 Å². The minimum Gasteiger partial charge on any atom is -0.330 e. The summed E-state index contributed by atoms with van der Waals surface area (Å²) in [6, 6.07) is 5.02. The average Bonchev–Trinajstić information content (AvgIpc) is 2.29. The molecule has 1 aromatic rings. The van der Waals surface area contributed by atoms with Gasteiger partial charge in [-0.2, -0.15) is 0 Å². The van der Waals surface area contributed by atoms with Crippen LogP contribution in [0.5, 0.6) is 0 Å². The van der Waals surface area contributed by atoms with E-state index in [-0.39, 0.29) is 16.7 Å². The van der Waals surface area contributed by atoms with Crippen molar-refractivity contribution in [3.63, 3.8) is 0 Å². The Morgan fingerprint density at radius 2 is 2.12 bits per heavy atom. The van der Waals surface area contributed by atoms with Crippen molar-refractivity contribution >= 4 is 5.69 Å². The summed E-state index contributed by atoms with van der Waals surface area (Å²) in [6.45, 7) is 2.38. The second-order valence-electron chi connectivity index (χ2n) is 4.19. The summed E-state index contributed by atoms with van der Waals surface area (Å²) in [7, 11) is 0. The monoisotopic (exact) mass is 237 g/mol. The Bertz CT molecular complexity index is 393. The zero-order chi connectivity index (χ0) is 12.8. The van der Waals surface area contributed by atoms with Gasteiger partial charge in [0.15, 0.2) is 0 Å². The molecule has 0 saturated heterocycles. The molecule has 5 heteroatoms. The summed E-state index contributed by atoms with van der Waals surface area (Å²) >= 11 is 0. The first-order chi connectivity index (χ1) is 8.06.